The quantitative estimate of drug-likeness (QED) is 0.581. The number of nitrogens with one attached hydrogen (secondary N) is 2. The van der Waals surface area contributed by atoms with Crippen LogP contribution in [0.1, 0.15) is 32.6 Å². The summed E-state index contributed by atoms with van der Waals surface area (Å²) in [7, 11) is 1.59. The second-order valence-corrected chi connectivity index (χ2v) is 5.57. The number of urea groups is 1. The lowest BCUT2D eigenvalue weighted by Gasteiger charge is -2.36. The highest BCUT2D eigenvalue weighted by Gasteiger charge is 2.43. The van der Waals surface area contributed by atoms with Crippen molar-refractivity contribution in [2.75, 3.05) is 33.5 Å². The predicted molar refractivity (Wildman–Crippen MR) is 77.2 cm³/mol. The van der Waals surface area contributed by atoms with E-state index in [2.05, 4.69) is 10.6 Å². The zero-order valence-corrected chi connectivity index (χ0v) is 12.8. The van der Waals surface area contributed by atoms with E-state index in [0.29, 0.717) is 45.1 Å². The van der Waals surface area contributed by atoms with E-state index in [4.69, 9.17) is 9.47 Å². The molecule has 21 heavy (non-hydrogen) atoms. The standard InChI is InChI=1S/C14H26N2O5/c1-11-4-3-5-14(10-11,12(17)18)16-13(19)15-6-7-21-9-8-20-2/h11H,3-10H2,1-2H3,(H,17,18)(H2,15,16,19). The van der Waals surface area contributed by atoms with Gasteiger partial charge in [-0.05, 0) is 18.8 Å². The summed E-state index contributed by atoms with van der Waals surface area (Å²) in [6.07, 6.45) is 2.77. The van der Waals surface area contributed by atoms with E-state index >= 15 is 0 Å². The van der Waals surface area contributed by atoms with E-state index in [0.717, 1.165) is 12.8 Å². The highest BCUT2D eigenvalue weighted by Crippen LogP contribution is 2.32. The van der Waals surface area contributed by atoms with Crippen LogP contribution in [0.2, 0.25) is 0 Å². The fourth-order valence-corrected chi connectivity index (χ4v) is 2.66. The molecule has 0 saturated heterocycles. The minimum Gasteiger partial charge on any atom is -0.480 e. The van der Waals surface area contributed by atoms with E-state index in [-0.39, 0.29) is 0 Å². The van der Waals surface area contributed by atoms with Crippen LogP contribution in [0.3, 0.4) is 0 Å². The molecule has 1 fully saturated rings. The van der Waals surface area contributed by atoms with Crippen LogP contribution in [0.5, 0.6) is 0 Å². The predicted octanol–water partition coefficient (Wildman–Crippen LogP) is 0.982. The Balaban J connectivity index is 2.34. The molecule has 1 aliphatic carbocycles. The maximum Gasteiger partial charge on any atom is 0.329 e. The van der Waals surface area contributed by atoms with Crippen molar-refractivity contribution >= 4 is 12.0 Å². The van der Waals surface area contributed by atoms with Gasteiger partial charge < -0.3 is 25.2 Å². The highest BCUT2D eigenvalue weighted by molar-refractivity contribution is 5.86. The van der Waals surface area contributed by atoms with Gasteiger partial charge in [-0.3, -0.25) is 0 Å². The van der Waals surface area contributed by atoms with Gasteiger partial charge in [0.15, 0.2) is 0 Å². The molecule has 0 aromatic heterocycles. The van der Waals surface area contributed by atoms with Gasteiger partial charge in [0, 0.05) is 13.7 Å². The molecule has 7 heteroatoms. The first-order valence-corrected chi connectivity index (χ1v) is 7.36. The average Bonchev–Trinajstić information content (AvgIpc) is 2.42. The Bertz CT molecular complexity index is 350. The minimum atomic E-state index is -1.14. The summed E-state index contributed by atoms with van der Waals surface area (Å²) in [5.41, 5.74) is -1.14. The number of methoxy groups -OCH3 is 1. The number of carbonyl (C=O) groups excluding carboxylic acids is 1. The van der Waals surface area contributed by atoms with E-state index in [1.54, 1.807) is 7.11 Å². The van der Waals surface area contributed by atoms with Crippen molar-refractivity contribution in [3.05, 3.63) is 0 Å². The maximum absolute atomic E-state index is 11.9. The van der Waals surface area contributed by atoms with Crippen molar-refractivity contribution < 1.29 is 24.2 Å². The van der Waals surface area contributed by atoms with Gasteiger partial charge in [-0.15, -0.1) is 0 Å². The number of carbonyl (C=O) groups is 2. The molecule has 1 aliphatic rings. The Kier molecular flexibility index (Phi) is 7.45. The van der Waals surface area contributed by atoms with E-state index in [1.165, 1.54) is 0 Å². The molecule has 0 aromatic rings. The van der Waals surface area contributed by atoms with Crippen LogP contribution in [0.25, 0.3) is 0 Å². The number of aliphatic carboxylic acids is 1. The average molecular weight is 302 g/mol. The number of amides is 2. The van der Waals surface area contributed by atoms with Crippen LogP contribution in [-0.2, 0) is 14.3 Å². The van der Waals surface area contributed by atoms with Gasteiger partial charge in [0.05, 0.1) is 19.8 Å². The highest BCUT2D eigenvalue weighted by atomic mass is 16.5. The van der Waals surface area contributed by atoms with Crippen molar-refractivity contribution in [2.24, 2.45) is 5.92 Å². The van der Waals surface area contributed by atoms with Crippen molar-refractivity contribution in [1.29, 1.82) is 0 Å². The summed E-state index contributed by atoms with van der Waals surface area (Å²) in [5.74, 6) is -0.659. The number of ether oxygens (including phenoxy) is 2. The topological polar surface area (TPSA) is 96.9 Å². The second-order valence-electron chi connectivity index (χ2n) is 5.57. The van der Waals surface area contributed by atoms with E-state index < -0.39 is 17.5 Å². The smallest absolute Gasteiger partial charge is 0.329 e. The Morgan fingerprint density at radius 1 is 1.33 bits per heavy atom. The van der Waals surface area contributed by atoms with Gasteiger partial charge in [-0.25, -0.2) is 9.59 Å². The summed E-state index contributed by atoms with van der Waals surface area (Å²) >= 11 is 0. The van der Waals surface area contributed by atoms with Crippen LogP contribution in [0.15, 0.2) is 0 Å². The van der Waals surface area contributed by atoms with Crippen LogP contribution in [-0.4, -0.2) is 56.1 Å². The number of carboxylic acids is 1. The Morgan fingerprint density at radius 3 is 2.71 bits per heavy atom. The molecular weight excluding hydrogens is 276 g/mol. The number of carboxylic acid groups (broad SMARTS) is 1. The van der Waals surface area contributed by atoms with Crippen molar-refractivity contribution in [3.63, 3.8) is 0 Å². The molecule has 7 nitrogen and oxygen atoms in total. The maximum atomic E-state index is 11.9. The third kappa shape index (κ3) is 5.89. The summed E-state index contributed by atoms with van der Waals surface area (Å²) in [6.45, 7) is 3.69. The molecule has 122 valence electrons. The molecule has 1 saturated carbocycles. The van der Waals surface area contributed by atoms with Gasteiger partial charge in [0.25, 0.3) is 0 Å². The summed E-state index contributed by atoms with van der Waals surface area (Å²) in [5, 5.41) is 14.7. The number of hydrogen-bond donors (Lipinski definition) is 3. The third-order valence-corrected chi connectivity index (χ3v) is 3.72. The largest absolute Gasteiger partial charge is 0.480 e. The van der Waals surface area contributed by atoms with Gasteiger partial charge in [-0.2, -0.15) is 0 Å². The monoisotopic (exact) mass is 302 g/mol. The molecule has 1 rings (SSSR count). The Morgan fingerprint density at radius 2 is 2.10 bits per heavy atom. The van der Waals surface area contributed by atoms with E-state index in [1.807, 2.05) is 6.92 Å². The minimum absolute atomic E-state index is 0.299. The Labute approximate surface area is 125 Å². The van der Waals surface area contributed by atoms with Crippen LogP contribution in [0.4, 0.5) is 4.79 Å². The van der Waals surface area contributed by atoms with Gasteiger partial charge in [0.1, 0.15) is 5.54 Å². The van der Waals surface area contributed by atoms with Gasteiger partial charge in [0.2, 0.25) is 0 Å². The Hall–Kier alpha value is -1.34. The molecule has 3 N–H and O–H groups in total. The lowest BCUT2D eigenvalue weighted by molar-refractivity contribution is -0.146. The second kappa shape index (κ2) is 8.84. The third-order valence-electron chi connectivity index (χ3n) is 3.72. The van der Waals surface area contributed by atoms with E-state index in [9.17, 15) is 14.7 Å². The molecule has 0 bridgehead atoms. The van der Waals surface area contributed by atoms with Crippen LogP contribution >= 0.6 is 0 Å². The van der Waals surface area contributed by atoms with Gasteiger partial charge >= 0.3 is 12.0 Å². The molecule has 2 unspecified atom stereocenters. The van der Waals surface area contributed by atoms with Crippen LogP contribution < -0.4 is 10.6 Å². The molecule has 0 aliphatic heterocycles. The van der Waals surface area contributed by atoms with Crippen LogP contribution in [0, 0.1) is 5.92 Å². The summed E-state index contributed by atoms with van der Waals surface area (Å²) in [6, 6.07) is -0.457. The first kappa shape index (κ1) is 17.7. The van der Waals surface area contributed by atoms with Gasteiger partial charge in [-0.1, -0.05) is 19.8 Å². The SMILES string of the molecule is COCCOCCNC(=O)NC1(C(=O)O)CCCC(C)C1. The molecular formula is C14H26N2O5. The lowest BCUT2D eigenvalue weighted by atomic mass is 9.76. The summed E-state index contributed by atoms with van der Waals surface area (Å²) < 4.78 is 10.0. The molecule has 2 amide bonds. The van der Waals surface area contributed by atoms with Crippen molar-refractivity contribution in [3.8, 4) is 0 Å². The zero-order chi connectivity index (χ0) is 15.7. The molecule has 0 radical (unpaired) electrons. The molecule has 0 heterocycles. The number of hydrogen-bond acceptors (Lipinski definition) is 4. The van der Waals surface area contributed by atoms with Crippen molar-refractivity contribution in [2.45, 2.75) is 38.1 Å². The number of rotatable bonds is 8. The fraction of sp³-hybridized carbons (Fsp3) is 0.857. The lowest BCUT2D eigenvalue weighted by Crippen LogP contribution is -2.59. The summed E-state index contributed by atoms with van der Waals surface area (Å²) in [4.78, 5) is 23.4. The molecule has 0 spiro atoms. The van der Waals surface area contributed by atoms with Crippen molar-refractivity contribution in [1.82, 2.24) is 10.6 Å². The normalized spacial score (nSPS) is 25.3. The fourth-order valence-electron chi connectivity index (χ4n) is 2.66. The zero-order valence-electron chi connectivity index (χ0n) is 12.8. The first-order chi connectivity index (χ1) is 10.00. The molecule has 0 aromatic carbocycles. The first-order valence-electron chi connectivity index (χ1n) is 7.36. The molecule has 2 atom stereocenters.